The van der Waals surface area contributed by atoms with Crippen molar-refractivity contribution in [1.29, 1.82) is 0 Å². The van der Waals surface area contributed by atoms with Crippen LogP contribution in [0.1, 0.15) is 0 Å². The van der Waals surface area contributed by atoms with Crippen molar-refractivity contribution in [3.63, 3.8) is 0 Å². The molecular weight excluding hydrogens is 486 g/mol. The molecule has 5 aromatic carbocycles. The highest BCUT2D eigenvalue weighted by Crippen LogP contribution is 2.47. The zero-order valence-corrected chi connectivity index (χ0v) is 21.2. The number of hydrogen-bond acceptors (Lipinski definition) is 4. The Morgan fingerprint density at radius 3 is 0.778 bits per heavy atom. The maximum atomic E-state index is 14.2. The maximum absolute atomic E-state index is 14.2. The van der Waals surface area contributed by atoms with E-state index in [1.165, 1.54) is 0 Å². The summed E-state index contributed by atoms with van der Waals surface area (Å²) >= 11 is 0. The minimum atomic E-state index is -3.39. The molecule has 0 aliphatic heterocycles. The molecule has 0 saturated heterocycles. The molecule has 0 heterocycles. The Kier molecular flexibility index (Phi) is 6.91. The summed E-state index contributed by atoms with van der Waals surface area (Å²) in [5.74, 6) is 0.847. The first-order valence-electron chi connectivity index (χ1n) is 11.5. The fourth-order valence-electron chi connectivity index (χ4n) is 3.86. The standard InChI is InChI=1S/C30H24O4P2/c31-35(27-13-5-1-6-14-27,28-15-7-2-8-16-28)33-25-21-23-26(24-22-25)34-36(32,29-17-9-3-10-18-29)30-19-11-4-12-20-30/h1-24H. The van der Waals surface area contributed by atoms with Crippen molar-refractivity contribution in [1.82, 2.24) is 0 Å². The van der Waals surface area contributed by atoms with E-state index in [0.29, 0.717) is 32.7 Å². The van der Waals surface area contributed by atoms with E-state index in [2.05, 4.69) is 0 Å². The Morgan fingerprint density at radius 1 is 0.333 bits per heavy atom. The summed E-state index contributed by atoms with van der Waals surface area (Å²) in [7, 11) is -6.79. The quantitative estimate of drug-likeness (QED) is 0.230. The smallest absolute Gasteiger partial charge is 0.306 e. The predicted molar refractivity (Wildman–Crippen MR) is 147 cm³/mol. The lowest BCUT2D eigenvalue weighted by Crippen LogP contribution is -2.20. The molecule has 4 nitrogen and oxygen atoms in total. The highest BCUT2D eigenvalue weighted by atomic mass is 31.2. The third-order valence-corrected chi connectivity index (χ3v) is 10.5. The highest BCUT2D eigenvalue weighted by molar-refractivity contribution is 7.75. The Hall–Kier alpha value is -3.84. The number of hydrogen-bond donors (Lipinski definition) is 0. The van der Waals surface area contributed by atoms with Crippen molar-refractivity contribution in [3.05, 3.63) is 146 Å². The molecular formula is C30H24O4P2. The molecule has 5 rings (SSSR count). The van der Waals surface area contributed by atoms with E-state index in [9.17, 15) is 9.13 Å². The highest BCUT2D eigenvalue weighted by Gasteiger charge is 2.31. The van der Waals surface area contributed by atoms with Crippen LogP contribution >= 0.6 is 14.7 Å². The van der Waals surface area contributed by atoms with Gasteiger partial charge in [-0.3, -0.25) is 9.13 Å². The van der Waals surface area contributed by atoms with Gasteiger partial charge in [0, 0.05) is 0 Å². The molecule has 0 aliphatic carbocycles. The summed E-state index contributed by atoms with van der Waals surface area (Å²) in [5.41, 5.74) is 0. The normalized spacial score (nSPS) is 11.6. The summed E-state index contributed by atoms with van der Waals surface area (Å²) in [6, 6.07) is 43.5. The predicted octanol–water partition coefficient (Wildman–Crippen LogP) is 6.30. The Labute approximate surface area is 211 Å². The molecule has 0 aromatic heterocycles. The Bertz CT molecular complexity index is 1300. The van der Waals surface area contributed by atoms with Gasteiger partial charge in [0.25, 0.3) is 0 Å². The van der Waals surface area contributed by atoms with Gasteiger partial charge in [-0.1, -0.05) is 72.8 Å². The third kappa shape index (κ3) is 4.93. The lowest BCUT2D eigenvalue weighted by Gasteiger charge is -2.22. The SMILES string of the molecule is O=P(Oc1ccc(OP(=O)(c2ccccc2)c2ccccc2)cc1)(c1ccccc1)c1ccccc1. The monoisotopic (exact) mass is 510 g/mol. The van der Waals surface area contributed by atoms with Gasteiger partial charge in [0.15, 0.2) is 0 Å². The topological polar surface area (TPSA) is 52.6 Å². The van der Waals surface area contributed by atoms with Crippen LogP contribution in [0.5, 0.6) is 11.5 Å². The van der Waals surface area contributed by atoms with Crippen LogP contribution in [0.4, 0.5) is 0 Å². The Morgan fingerprint density at radius 2 is 0.556 bits per heavy atom. The molecule has 36 heavy (non-hydrogen) atoms. The van der Waals surface area contributed by atoms with E-state index in [1.54, 1.807) is 72.8 Å². The van der Waals surface area contributed by atoms with Crippen LogP contribution in [0.25, 0.3) is 0 Å². The average Bonchev–Trinajstić information content (AvgIpc) is 2.96. The van der Waals surface area contributed by atoms with Crippen LogP contribution in [0, 0.1) is 0 Å². The molecule has 0 fully saturated rings. The summed E-state index contributed by atoms with van der Waals surface area (Å²) in [6.45, 7) is 0. The zero-order valence-electron chi connectivity index (χ0n) is 19.4. The van der Waals surface area contributed by atoms with Crippen LogP contribution in [-0.4, -0.2) is 0 Å². The summed E-state index contributed by atoms with van der Waals surface area (Å²) in [6.07, 6.45) is 0. The fourth-order valence-corrected chi connectivity index (χ4v) is 7.98. The first-order valence-corrected chi connectivity index (χ1v) is 14.7. The second-order valence-corrected chi connectivity index (χ2v) is 12.7. The van der Waals surface area contributed by atoms with E-state index < -0.39 is 14.7 Å². The minimum absolute atomic E-state index is 0.424. The van der Waals surface area contributed by atoms with Crippen molar-refractivity contribution in [3.8, 4) is 11.5 Å². The van der Waals surface area contributed by atoms with Crippen molar-refractivity contribution >= 4 is 36.0 Å². The van der Waals surface area contributed by atoms with Gasteiger partial charge in [0.1, 0.15) is 11.5 Å². The zero-order chi connectivity index (χ0) is 24.8. The van der Waals surface area contributed by atoms with E-state index in [4.69, 9.17) is 9.05 Å². The molecule has 0 atom stereocenters. The lowest BCUT2D eigenvalue weighted by molar-refractivity contribution is 0.495. The minimum Gasteiger partial charge on any atom is -0.437 e. The van der Waals surface area contributed by atoms with Gasteiger partial charge < -0.3 is 9.05 Å². The van der Waals surface area contributed by atoms with Gasteiger partial charge in [0.05, 0.1) is 21.2 Å². The summed E-state index contributed by atoms with van der Waals surface area (Å²) < 4.78 is 40.7. The van der Waals surface area contributed by atoms with Gasteiger partial charge in [0.2, 0.25) is 0 Å². The first kappa shape index (κ1) is 23.9. The molecule has 6 heteroatoms. The molecule has 0 spiro atoms. The van der Waals surface area contributed by atoms with E-state index in [0.717, 1.165) is 0 Å². The van der Waals surface area contributed by atoms with Crippen LogP contribution < -0.4 is 30.3 Å². The van der Waals surface area contributed by atoms with Crippen LogP contribution in [0.3, 0.4) is 0 Å². The van der Waals surface area contributed by atoms with Crippen molar-refractivity contribution in [2.45, 2.75) is 0 Å². The molecule has 0 N–H and O–H groups in total. The van der Waals surface area contributed by atoms with Crippen LogP contribution in [0.15, 0.2) is 146 Å². The molecule has 0 aliphatic rings. The first-order chi connectivity index (χ1) is 17.6. The molecule has 0 saturated carbocycles. The summed E-state index contributed by atoms with van der Waals surface area (Å²) in [5, 5.41) is 2.42. The maximum Gasteiger partial charge on any atom is 0.306 e. The molecule has 0 unspecified atom stereocenters. The van der Waals surface area contributed by atoms with Crippen LogP contribution in [0.2, 0.25) is 0 Å². The fraction of sp³-hybridized carbons (Fsp3) is 0. The molecule has 0 amide bonds. The molecule has 0 radical (unpaired) electrons. The van der Waals surface area contributed by atoms with Crippen LogP contribution in [-0.2, 0) is 9.13 Å². The van der Waals surface area contributed by atoms with E-state index in [-0.39, 0.29) is 0 Å². The van der Waals surface area contributed by atoms with E-state index in [1.807, 2.05) is 72.8 Å². The lowest BCUT2D eigenvalue weighted by atomic mass is 10.3. The molecule has 178 valence electrons. The number of benzene rings is 5. The van der Waals surface area contributed by atoms with Crippen molar-refractivity contribution < 1.29 is 18.2 Å². The molecule has 5 aromatic rings. The second kappa shape index (κ2) is 10.4. The van der Waals surface area contributed by atoms with Gasteiger partial charge >= 0.3 is 14.7 Å². The van der Waals surface area contributed by atoms with Gasteiger partial charge in [-0.2, -0.15) is 0 Å². The van der Waals surface area contributed by atoms with Gasteiger partial charge in [-0.25, -0.2) is 0 Å². The molecule has 0 bridgehead atoms. The Balaban J connectivity index is 1.46. The van der Waals surface area contributed by atoms with Crippen molar-refractivity contribution in [2.24, 2.45) is 0 Å². The van der Waals surface area contributed by atoms with Gasteiger partial charge in [-0.05, 0) is 72.8 Å². The van der Waals surface area contributed by atoms with Crippen molar-refractivity contribution in [2.75, 3.05) is 0 Å². The largest absolute Gasteiger partial charge is 0.437 e. The number of rotatable bonds is 8. The van der Waals surface area contributed by atoms with E-state index >= 15 is 0 Å². The average molecular weight is 510 g/mol. The van der Waals surface area contributed by atoms with Gasteiger partial charge in [-0.15, -0.1) is 0 Å². The summed E-state index contributed by atoms with van der Waals surface area (Å²) in [4.78, 5) is 0. The second-order valence-electron chi connectivity index (χ2n) is 8.10. The third-order valence-electron chi connectivity index (χ3n) is 5.68.